The predicted octanol–water partition coefficient (Wildman–Crippen LogP) is 4.83. The summed E-state index contributed by atoms with van der Waals surface area (Å²) >= 11 is 0. The summed E-state index contributed by atoms with van der Waals surface area (Å²) in [6, 6.07) is 20.4. The standard InChI is InChI=1S/C28H29N3O4/c1-19-11-13-31(14-12-19)24-9-8-22(16-23(24)28(33)29-17-20-5-3-2-4-6-20)30-27(32)21-7-10-25-26(15-21)35-18-34-25/h2-10,15-16,19H,11-14,17-18H2,1H3,(H,29,33)(H,30,32). The molecule has 2 heterocycles. The van der Waals surface area contributed by atoms with Crippen molar-refractivity contribution in [1.29, 1.82) is 0 Å². The van der Waals surface area contributed by atoms with Gasteiger partial charge in [-0.3, -0.25) is 9.59 Å². The highest BCUT2D eigenvalue weighted by molar-refractivity contribution is 6.06. The summed E-state index contributed by atoms with van der Waals surface area (Å²) < 4.78 is 10.7. The zero-order valence-electron chi connectivity index (χ0n) is 19.8. The van der Waals surface area contributed by atoms with Crippen molar-refractivity contribution in [1.82, 2.24) is 5.32 Å². The lowest BCUT2D eigenvalue weighted by Crippen LogP contribution is -2.35. The Labute approximate surface area is 205 Å². The van der Waals surface area contributed by atoms with E-state index >= 15 is 0 Å². The molecule has 3 aromatic rings. The highest BCUT2D eigenvalue weighted by Gasteiger charge is 2.22. The molecule has 35 heavy (non-hydrogen) atoms. The second-order valence-corrected chi connectivity index (χ2v) is 9.09. The molecule has 1 fully saturated rings. The fourth-order valence-corrected chi connectivity index (χ4v) is 4.44. The monoisotopic (exact) mass is 471 g/mol. The van der Waals surface area contributed by atoms with Gasteiger partial charge < -0.3 is 25.0 Å². The number of piperidine rings is 1. The lowest BCUT2D eigenvalue weighted by Gasteiger charge is -2.33. The summed E-state index contributed by atoms with van der Waals surface area (Å²) in [6.45, 7) is 4.66. The average Bonchev–Trinajstić information content (AvgIpc) is 3.36. The van der Waals surface area contributed by atoms with Crippen molar-refractivity contribution in [2.75, 3.05) is 30.1 Å². The van der Waals surface area contributed by atoms with Gasteiger partial charge in [0.05, 0.1) is 5.56 Å². The lowest BCUT2D eigenvalue weighted by molar-refractivity contribution is 0.0950. The van der Waals surface area contributed by atoms with E-state index in [2.05, 4.69) is 22.5 Å². The molecule has 3 aromatic carbocycles. The molecule has 0 radical (unpaired) electrons. The molecule has 7 heteroatoms. The molecule has 2 aliphatic rings. The molecule has 180 valence electrons. The number of hydrogen-bond acceptors (Lipinski definition) is 5. The number of benzene rings is 3. The number of nitrogens with zero attached hydrogens (tertiary/aromatic N) is 1. The molecule has 0 saturated carbocycles. The van der Waals surface area contributed by atoms with Crippen LogP contribution in [-0.2, 0) is 6.54 Å². The summed E-state index contributed by atoms with van der Waals surface area (Å²) in [7, 11) is 0. The molecule has 2 N–H and O–H groups in total. The third kappa shape index (κ3) is 5.24. The van der Waals surface area contributed by atoms with Gasteiger partial charge in [-0.15, -0.1) is 0 Å². The maximum atomic E-state index is 13.3. The minimum atomic E-state index is -0.279. The molecule has 0 bridgehead atoms. The topological polar surface area (TPSA) is 79.9 Å². The molecule has 0 aromatic heterocycles. The molecular weight excluding hydrogens is 442 g/mol. The van der Waals surface area contributed by atoms with Gasteiger partial charge in [-0.05, 0) is 60.7 Å². The molecule has 0 atom stereocenters. The molecule has 0 aliphatic carbocycles. The van der Waals surface area contributed by atoms with E-state index in [0.717, 1.165) is 37.2 Å². The molecule has 1 saturated heterocycles. The number of carbonyl (C=O) groups excluding carboxylic acids is 2. The Kier molecular flexibility index (Phi) is 6.57. The Morgan fingerprint density at radius 1 is 0.914 bits per heavy atom. The van der Waals surface area contributed by atoms with E-state index in [1.54, 1.807) is 24.3 Å². The zero-order chi connectivity index (χ0) is 24.2. The summed E-state index contributed by atoms with van der Waals surface area (Å²) in [5.41, 5.74) is 3.49. The van der Waals surface area contributed by atoms with Gasteiger partial charge in [-0.1, -0.05) is 37.3 Å². The number of fused-ring (bicyclic) bond motifs is 1. The van der Waals surface area contributed by atoms with E-state index in [4.69, 9.17) is 9.47 Å². The SMILES string of the molecule is CC1CCN(c2ccc(NC(=O)c3ccc4c(c3)OCO4)cc2C(=O)NCc2ccccc2)CC1. The van der Waals surface area contributed by atoms with Gasteiger partial charge in [0, 0.05) is 36.6 Å². The molecule has 7 nitrogen and oxygen atoms in total. The minimum Gasteiger partial charge on any atom is -0.454 e. The molecular formula is C28H29N3O4. The van der Waals surface area contributed by atoms with E-state index in [0.29, 0.717) is 40.8 Å². The van der Waals surface area contributed by atoms with Crippen LogP contribution in [0.5, 0.6) is 11.5 Å². The van der Waals surface area contributed by atoms with Crippen LogP contribution >= 0.6 is 0 Å². The quantitative estimate of drug-likeness (QED) is 0.538. The van der Waals surface area contributed by atoms with Gasteiger partial charge in [0.2, 0.25) is 6.79 Å². The predicted molar refractivity (Wildman–Crippen MR) is 135 cm³/mol. The van der Waals surface area contributed by atoms with Crippen LogP contribution in [0, 0.1) is 5.92 Å². The molecule has 2 amide bonds. The molecule has 5 rings (SSSR count). The Hall–Kier alpha value is -4.00. The van der Waals surface area contributed by atoms with Crippen molar-refractivity contribution in [3.8, 4) is 11.5 Å². The summed E-state index contributed by atoms with van der Waals surface area (Å²) in [5, 5.41) is 5.96. The summed E-state index contributed by atoms with van der Waals surface area (Å²) in [6.07, 6.45) is 2.18. The van der Waals surface area contributed by atoms with Crippen molar-refractivity contribution >= 4 is 23.2 Å². The fourth-order valence-electron chi connectivity index (χ4n) is 4.44. The fraction of sp³-hybridized carbons (Fsp3) is 0.286. The molecule has 2 aliphatic heterocycles. The Morgan fingerprint density at radius 2 is 1.69 bits per heavy atom. The number of carbonyl (C=O) groups is 2. The van der Waals surface area contributed by atoms with Gasteiger partial charge in [0.15, 0.2) is 11.5 Å². The Bertz CT molecular complexity index is 1220. The van der Waals surface area contributed by atoms with Crippen LogP contribution in [0.2, 0.25) is 0 Å². The Morgan fingerprint density at radius 3 is 2.49 bits per heavy atom. The maximum Gasteiger partial charge on any atom is 0.255 e. The van der Waals surface area contributed by atoms with Crippen molar-refractivity contribution in [2.24, 2.45) is 5.92 Å². The van der Waals surface area contributed by atoms with Gasteiger partial charge >= 0.3 is 0 Å². The van der Waals surface area contributed by atoms with Gasteiger partial charge in [-0.2, -0.15) is 0 Å². The lowest BCUT2D eigenvalue weighted by atomic mass is 9.97. The first kappa shape index (κ1) is 22.8. The number of hydrogen-bond donors (Lipinski definition) is 2. The van der Waals surface area contributed by atoms with Crippen LogP contribution in [0.4, 0.5) is 11.4 Å². The van der Waals surface area contributed by atoms with Gasteiger partial charge in [0.25, 0.3) is 11.8 Å². The number of ether oxygens (including phenoxy) is 2. The number of rotatable bonds is 6. The van der Waals surface area contributed by atoms with E-state index in [9.17, 15) is 9.59 Å². The highest BCUT2D eigenvalue weighted by Crippen LogP contribution is 2.33. The Balaban J connectivity index is 1.37. The van der Waals surface area contributed by atoms with Crippen LogP contribution in [0.3, 0.4) is 0 Å². The van der Waals surface area contributed by atoms with Crippen molar-refractivity contribution in [3.63, 3.8) is 0 Å². The smallest absolute Gasteiger partial charge is 0.255 e. The third-order valence-corrected chi connectivity index (χ3v) is 6.55. The second kappa shape index (κ2) is 10.1. The zero-order valence-corrected chi connectivity index (χ0v) is 19.8. The van der Waals surface area contributed by atoms with Gasteiger partial charge in [0.1, 0.15) is 0 Å². The van der Waals surface area contributed by atoms with E-state index in [1.165, 1.54) is 0 Å². The van der Waals surface area contributed by atoms with Gasteiger partial charge in [-0.25, -0.2) is 0 Å². The normalized spacial score (nSPS) is 15.1. The number of anilines is 2. The summed E-state index contributed by atoms with van der Waals surface area (Å²) in [5.74, 6) is 1.41. The number of nitrogens with one attached hydrogen (secondary N) is 2. The van der Waals surface area contributed by atoms with Crippen LogP contribution in [0.15, 0.2) is 66.7 Å². The number of amides is 2. The molecule has 0 unspecified atom stereocenters. The van der Waals surface area contributed by atoms with Crippen LogP contribution in [0.25, 0.3) is 0 Å². The first-order valence-corrected chi connectivity index (χ1v) is 12.0. The minimum absolute atomic E-state index is 0.151. The third-order valence-electron chi connectivity index (χ3n) is 6.55. The largest absolute Gasteiger partial charge is 0.454 e. The van der Waals surface area contributed by atoms with E-state index in [-0.39, 0.29) is 18.6 Å². The van der Waals surface area contributed by atoms with Crippen molar-refractivity contribution in [3.05, 3.63) is 83.4 Å². The maximum absolute atomic E-state index is 13.3. The highest BCUT2D eigenvalue weighted by atomic mass is 16.7. The van der Waals surface area contributed by atoms with E-state index in [1.807, 2.05) is 42.5 Å². The first-order valence-electron chi connectivity index (χ1n) is 12.0. The van der Waals surface area contributed by atoms with Crippen LogP contribution in [-0.4, -0.2) is 31.7 Å². The molecule has 0 spiro atoms. The first-order chi connectivity index (χ1) is 17.1. The van der Waals surface area contributed by atoms with Crippen molar-refractivity contribution < 1.29 is 19.1 Å². The van der Waals surface area contributed by atoms with E-state index < -0.39 is 0 Å². The van der Waals surface area contributed by atoms with Crippen molar-refractivity contribution in [2.45, 2.75) is 26.3 Å². The van der Waals surface area contributed by atoms with Crippen LogP contribution < -0.4 is 25.0 Å². The second-order valence-electron chi connectivity index (χ2n) is 9.09. The average molecular weight is 472 g/mol. The summed E-state index contributed by atoms with van der Waals surface area (Å²) in [4.78, 5) is 28.5. The van der Waals surface area contributed by atoms with Crippen LogP contribution in [0.1, 0.15) is 46.0 Å².